The van der Waals surface area contributed by atoms with Crippen LogP contribution < -0.4 is 0 Å². The summed E-state index contributed by atoms with van der Waals surface area (Å²) in [6, 6.07) is 10.5. The Morgan fingerprint density at radius 3 is 1.85 bits per heavy atom. The molecule has 146 valence electrons. The van der Waals surface area contributed by atoms with Gasteiger partial charge in [-0.15, -0.1) is 0 Å². The van der Waals surface area contributed by atoms with Crippen LogP contribution in [-0.4, -0.2) is 65.8 Å². The average Bonchev–Trinajstić information content (AvgIpc) is 3.53. The lowest BCUT2D eigenvalue weighted by Crippen LogP contribution is -2.53. The van der Waals surface area contributed by atoms with E-state index in [1.54, 1.807) is 0 Å². The molecule has 1 aromatic carbocycles. The van der Waals surface area contributed by atoms with E-state index in [1.165, 1.54) is 18.4 Å². The van der Waals surface area contributed by atoms with Crippen LogP contribution in [0.2, 0.25) is 0 Å². The number of carbonyl (C=O) groups is 2. The molecule has 0 unspecified atom stereocenters. The molecule has 0 spiro atoms. The van der Waals surface area contributed by atoms with E-state index in [-0.39, 0.29) is 11.8 Å². The molecule has 2 saturated heterocycles. The summed E-state index contributed by atoms with van der Waals surface area (Å²) in [4.78, 5) is 32.6. The van der Waals surface area contributed by atoms with Crippen LogP contribution in [0.1, 0.15) is 44.1 Å². The van der Waals surface area contributed by atoms with Crippen LogP contribution in [-0.2, 0) is 16.1 Å². The van der Waals surface area contributed by atoms with Crippen molar-refractivity contribution < 1.29 is 9.59 Å². The first-order valence-corrected chi connectivity index (χ1v) is 10.5. The van der Waals surface area contributed by atoms with E-state index < -0.39 is 5.41 Å². The maximum Gasteiger partial charge on any atom is 0.238 e. The molecule has 0 bridgehead atoms. The van der Waals surface area contributed by atoms with Gasteiger partial charge >= 0.3 is 0 Å². The topological polar surface area (TPSA) is 43.9 Å². The van der Waals surface area contributed by atoms with Crippen LogP contribution >= 0.6 is 0 Å². The van der Waals surface area contributed by atoms with Crippen LogP contribution in [0.25, 0.3) is 0 Å². The zero-order valence-electron chi connectivity index (χ0n) is 16.2. The lowest BCUT2D eigenvalue weighted by atomic mass is 10.0. The van der Waals surface area contributed by atoms with E-state index in [9.17, 15) is 9.59 Å². The molecule has 1 aliphatic carbocycles. The van der Waals surface area contributed by atoms with Gasteiger partial charge in [0.1, 0.15) is 5.41 Å². The number of rotatable bonds is 4. The third-order valence-corrected chi connectivity index (χ3v) is 6.37. The molecule has 0 N–H and O–H groups in total. The fourth-order valence-electron chi connectivity index (χ4n) is 4.47. The molecule has 3 aliphatic rings. The van der Waals surface area contributed by atoms with Crippen molar-refractivity contribution in [1.82, 2.24) is 14.7 Å². The largest absolute Gasteiger partial charge is 0.342 e. The molecule has 1 saturated carbocycles. The van der Waals surface area contributed by atoms with Gasteiger partial charge in [-0.25, -0.2) is 0 Å². The van der Waals surface area contributed by atoms with Gasteiger partial charge in [0.2, 0.25) is 11.8 Å². The maximum absolute atomic E-state index is 13.2. The van der Waals surface area contributed by atoms with Crippen molar-refractivity contribution in [1.29, 1.82) is 0 Å². The highest BCUT2D eigenvalue weighted by atomic mass is 16.2. The number of piperazine rings is 1. The molecule has 2 heterocycles. The molecule has 0 radical (unpaired) electrons. The van der Waals surface area contributed by atoms with Crippen molar-refractivity contribution in [2.24, 2.45) is 5.41 Å². The quantitative estimate of drug-likeness (QED) is 0.766. The Morgan fingerprint density at radius 2 is 1.30 bits per heavy atom. The maximum atomic E-state index is 13.2. The Balaban J connectivity index is 1.32. The number of hydrogen-bond donors (Lipinski definition) is 0. The van der Waals surface area contributed by atoms with Crippen molar-refractivity contribution in [2.75, 3.05) is 39.3 Å². The van der Waals surface area contributed by atoms with Crippen LogP contribution in [0.15, 0.2) is 30.3 Å². The van der Waals surface area contributed by atoms with E-state index in [1.807, 2.05) is 15.9 Å². The fourth-order valence-corrected chi connectivity index (χ4v) is 4.47. The third-order valence-electron chi connectivity index (χ3n) is 6.37. The van der Waals surface area contributed by atoms with Gasteiger partial charge in [-0.05, 0) is 31.2 Å². The second-order valence-electron chi connectivity index (χ2n) is 8.34. The van der Waals surface area contributed by atoms with E-state index in [2.05, 4.69) is 29.2 Å². The number of likely N-dealkylation sites (tertiary alicyclic amines) is 1. The minimum absolute atomic E-state index is 0.0936. The van der Waals surface area contributed by atoms with E-state index >= 15 is 0 Å². The average molecular weight is 370 g/mol. The molecule has 27 heavy (non-hydrogen) atoms. The van der Waals surface area contributed by atoms with Crippen LogP contribution in [0.4, 0.5) is 0 Å². The SMILES string of the molecule is O=C(N1CCCCCC1)C1(C(=O)N2CCN(Cc3ccccc3)CC2)CC1. The van der Waals surface area contributed by atoms with Gasteiger partial charge < -0.3 is 9.80 Å². The highest BCUT2D eigenvalue weighted by Gasteiger charge is 2.59. The molecule has 0 aromatic heterocycles. The summed E-state index contributed by atoms with van der Waals surface area (Å²) in [6.45, 7) is 5.84. The number of carbonyl (C=O) groups excluding carboxylic acids is 2. The van der Waals surface area contributed by atoms with Crippen molar-refractivity contribution >= 4 is 11.8 Å². The molecule has 4 rings (SSSR count). The fraction of sp³-hybridized carbons (Fsp3) is 0.636. The first kappa shape index (κ1) is 18.5. The summed E-state index contributed by atoms with van der Waals surface area (Å²) in [5.41, 5.74) is 0.596. The summed E-state index contributed by atoms with van der Waals surface area (Å²) in [5.74, 6) is 0.206. The van der Waals surface area contributed by atoms with Gasteiger partial charge in [0.15, 0.2) is 0 Å². The van der Waals surface area contributed by atoms with Gasteiger partial charge in [-0.1, -0.05) is 43.2 Å². The minimum Gasteiger partial charge on any atom is -0.342 e. The molecule has 5 nitrogen and oxygen atoms in total. The van der Waals surface area contributed by atoms with Crippen molar-refractivity contribution in [3.05, 3.63) is 35.9 Å². The molecule has 0 atom stereocenters. The molecule has 3 fully saturated rings. The zero-order chi connectivity index (χ0) is 18.7. The molecule has 1 aromatic rings. The lowest BCUT2D eigenvalue weighted by molar-refractivity contribution is -0.150. The molecule has 2 aliphatic heterocycles. The second-order valence-corrected chi connectivity index (χ2v) is 8.34. The summed E-state index contributed by atoms with van der Waals surface area (Å²) in [7, 11) is 0. The molecular formula is C22H31N3O2. The summed E-state index contributed by atoms with van der Waals surface area (Å²) in [5, 5.41) is 0. The Morgan fingerprint density at radius 1 is 0.741 bits per heavy atom. The third kappa shape index (κ3) is 4.03. The van der Waals surface area contributed by atoms with Gasteiger partial charge in [-0.2, -0.15) is 0 Å². The van der Waals surface area contributed by atoms with Crippen molar-refractivity contribution in [3.8, 4) is 0 Å². The monoisotopic (exact) mass is 369 g/mol. The normalized spacial score (nSPS) is 23.0. The number of hydrogen-bond acceptors (Lipinski definition) is 3. The molecule has 5 heteroatoms. The first-order valence-electron chi connectivity index (χ1n) is 10.5. The highest BCUT2D eigenvalue weighted by Crippen LogP contribution is 2.49. The standard InChI is InChI=1S/C22H31N3O2/c26-20(24-12-6-1-2-7-13-24)22(10-11-22)21(27)25-16-14-23(15-17-25)18-19-8-4-3-5-9-19/h3-5,8-9H,1-2,6-7,10-18H2. The summed E-state index contributed by atoms with van der Waals surface area (Å²) < 4.78 is 0. The number of amides is 2. The Hall–Kier alpha value is -1.88. The van der Waals surface area contributed by atoms with Gasteiger partial charge in [0, 0.05) is 45.8 Å². The summed E-state index contributed by atoms with van der Waals surface area (Å²) in [6.07, 6.45) is 6.04. The second kappa shape index (κ2) is 8.01. The highest BCUT2D eigenvalue weighted by molar-refractivity contribution is 6.07. The molecule has 2 amide bonds. The predicted molar refractivity (Wildman–Crippen MR) is 105 cm³/mol. The lowest BCUT2D eigenvalue weighted by Gasteiger charge is -2.37. The zero-order valence-corrected chi connectivity index (χ0v) is 16.2. The Kier molecular flexibility index (Phi) is 5.48. The van der Waals surface area contributed by atoms with Crippen molar-refractivity contribution in [2.45, 2.75) is 45.1 Å². The van der Waals surface area contributed by atoms with Crippen LogP contribution in [0.3, 0.4) is 0 Å². The Bertz CT molecular complexity index is 655. The Labute approximate surface area is 162 Å². The van der Waals surface area contributed by atoms with E-state index in [4.69, 9.17) is 0 Å². The van der Waals surface area contributed by atoms with Crippen LogP contribution in [0, 0.1) is 5.41 Å². The van der Waals surface area contributed by atoms with Crippen molar-refractivity contribution in [3.63, 3.8) is 0 Å². The van der Waals surface area contributed by atoms with E-state index in [0.717, 1.165) is 71.5 Å². The minimum atomic E-state index is -0.716. The predicted octanol–water partition coefficient (Wildman–Crippen LogP) is 2.51. The smallest absolute Gasteiger partial charge is 0.238 e. The van der Waals surface area contributed by atoms with Gasteiger partial charge in [-0.3, -0.25) is 14.5 Å². The number of nitrogens with zero attached hydrogens (tertiary/aromatic N) is 3. The number of benzene rings is 1. The van der Waals surface area contributed by atoms with Gasteiger partial charge in [0.25, 0.3) is 0 Å². The summed E-state index contributed by atoms with van der Waals surface area (Å²) >= 11 is 0. The van der Waals surface area contributed by atoms with Crippen LogP contribution in [0.5, 0.6) is 0 Å². The van der Waals surface area contributed by atoms with Gasteiger partial charge in [0.05, 0.1) is 0 Å². The molecular weight excluding hydrogens is 338 g/mol. The first-order chi connectivity index (χ1) is 13.2. The van der Waals surface area contributed by atoms with E-state index in [0.29, 0.717) is 0 Å².